The van der Waals surface area contributed by atoms with E-state index in [9.17, 15) is 4.79 Å². The lowest BCUT2D eigenvalue weighted by Gasteiger charge is -2.36. The van der Waals surface area contributed by atoms with Crippen LogP contribution in [0.15, 0.2) is 16.9 Å². The van der Waals surface area contributed by atoms with Crippen LogP contribution in [0.3, 0.4) is 0 Å². The van der Waals surface area contributed by atoms with E-state index in [1.165, 1.54) is 0 Å². The average Bonchev–Trinajstić information content (AvgIpc) is 2.50. The fourth-order valence-electron chi connectivity index (χ4n) is 3.20. The summed E-state index contributed by atoms with van der Waals surface area (Å²) in [6.07, 6.45) is 1.78. The number of pyridine rings is 1. The molecule has 1 fully saturated rings. The molecule has 0 bridgehead atoms. The van der Waals surface area contributed by atoms with Crippen LogP contribution in [0.25, 0.3) is 0 Å². The van der Waals surface area contributed by atoms with Gasteiger partial charge in [-0.15, -0.1) is 0 Å². The average molecular weight is 339 g/mol. The highest BCUT2D eigenvalue weighted by atomic mass is 16.5. The van der Waals surface area contributed by atoms with Gasteiger partial charge in [0.25, 0.3) is 5.56 Å². The summed E-state index contributed by atoms with van der Waals surface area (Å²) in [7, 11) is 1.57. The first-order chi connectivity index (χ1) is 12.0. The van der Waals surface area contributed by atoms with E-state index in [1.807, 2.05) is 19.9 Å². The smallest absolute Gasteiger partial charge is 0.251 e. The minimum atomic E-state index is -0.145. The first-order valence-corrected chi connectivity index (χ1v) is 8.24. The Morgan fingerprint density at radius 3 is 2.76 bits per heavy atom. The number of aryl methyl sites for hydroxylation is 2. The van der Waals surface area contributed by atoms with Gasteiger partial charge in [0.15, 0.2) is 0 Å². The summed E-state index contributed by atoms with van der Waals surface area (Å²) < 4.78 is 5.03. The van der Waals surface area contributed by atoms with Crippen LogP contribution in [-0.2, 0) is 11.3 Å². The van der Waals surface area contributed by atoms with Gasteiger partial charge in [0, 0.05) is 25.1 Å². The number of nitrogens with zero attached hydrogens (tertiary/aromatic N) is 3. The molecular formula is C18H21N5O2. The Hall–Kier alpha value is -2.72. The Morgan fingerprint density at radius 1 is 1.36 bits per heavy atom. The van der Waals surface area contributed by atoms with Crippen molar-refractivity contribution in [1.82, 2.24) is 15.0 Å². The minimum absolute atomic E-state index is 0.145. The SMILES string of the molecule is COCc1nc(C2CC(Nc3cc(C)c(C#N)c(C)n3)C2)cc(=O)[nH]1. The third-order valence-electron chi connectivity index (χ3n) is 4.51. The predicted molar refractivity (Wildman–Crippen MR) is 93.4 cm³/mol. The molecule has 0 radical (unpaired) electrons. The lowest BCUT2D eigenvalue weighted by atomic mass is 9.78. The summed E-state index contributed by atoms with van der Waals surface area (Å²) >= 11 is 0. The van der Waals surface area contributed by atoms with Gasteiger partial charge < -0.3 is 15.0 Å². The lowest BCUT2D eigenvalue weighted by molar-refractivity contribution is 0.177. The third kappa shape index (κ3) is 3.69. The van der Waals surface area contributed by atoms with Gasteiger partial charge >= 0.3 is 0 Å². The van der Waals surface area contributed by atoms with Crippen LogP contribution in [-0.4, -0.2) is 28.1 Å². The maximum Gasteiger partial charge on any atom is 0.251 e. The zero-order valence-electron chi connectivity index (χ0n) is 14.6. The Balaban J connectivity index is 1.66. The molecule has 1 aliphatic rings. The first-order valence-electron chi connectivity index (χ1n) is 8.24. The topological polar surface area (TPSA) is 104 Å². The minimum Gasteiger partial charge on any atom is -0.377 e. The number of rotatable bonds is 5. The van der Waals surface area contributed by atoms with Gasteiger partial charge in [0.1, 0.15) is 24.3 Å². The van der Waals surface area contributed by atoms with E-state index in [0.717, 1.165) is 35.6 Å². The van der Waals surface area contributed by atoms with Crippen molar-refractivity contribution in [3.8, 4) is 6.07 Å². The molecule has 0 unspecified atom stereocenters. The highest BCUT2D eigenvalue weighted by Gasteiger charge is 2.32. The van der Waals surface area contributed by atoms with E-state index in [-0.39, 0.29) is 17.5 Å². The van der Waals surface area contributed by atoms with Crippen molar-refractivity contribution in [2.75, 3.05) is 12.4 Å². The van der Waals surface area contributed by atoms with Crippen molar-refractivity contribution < 1.29 is 4.74 Å². The predicted octanol–water partition coefficient (Wildman–Crippen LogP) is 2.16. The van der Waals surface area contributed by atoms with Crippen LogP contribution in [0, 0.1) is 25.2 Å². The molecule has 1 saturated carbocycles. The van der Waals surface area contributed by atoms with Crippen LogP contribution in [0.5, 0.6) is 0 Å². The second-order valence-electron chi connectivity index (χ2n) is 6.46. The van der Waals surface area contributed by atoms with Gasteiger partial charge in [-0.3, -0.25) is 4.79 Å². The van der Waals surface area contributed by atoms with Crippen molar-refractivity contribution >= 4 is 5.82 Å². The van der Waals surface area contributed by atoms with Crippen LogP contribution >= 0.6 is 0 Å². The standard InChI is InChI=1S/C18H21N5O2/c1-10-4-16(20-11(2)14(10)8-19)21-13-5-12(6-13)15-7-18(24)23-17(22-15)9-25-3/h4,7,12-13H,5-6,9H2,1-3H3,(H,20,21)(H,22,23,24). The molecule has 7 nitrogen and oxygen atoms in total. The molecule has 0 saturated heterocycles. The van der Waals surface area contributed by atoms with Gasteiger partial charge in [-0.2, -0.15) is 5.26 Å². The molecule has 25 heavy (non-hydrogen) atoms. The molecule has 2 heterocycles. The number of H-pyrrole nitrogens is 1. The maximum atomic E-state index is 11.7. The van der Waals surface area contributed by atoms with Gasteiger partial charge in [-0.25, -0.2) is 9.97 Å². The zero-order valence-corrected chi connectivity index (χ0v) is 14.6. The normalized spacial score (nSPS) is 19.1. The summed E-state index contributed by atoms with van der Waals surface area (Å²) in [6.45, 7) is 4.06. The summed E-state index contributed by atoms with van der Waals surface area (Å²) in [5.74, 6) is 1.61. The summed E-state index contributed by atoms with van der Waals surface area (Å²) in [6, 6.07) is 5.94. The van der Waals surface area contributed by atoms with E-state index in [0.29, 0.717) is 18.0 Å². The quantitative estimate of drug-likeness (QED) is 0.865. The molecule has 0 aliphatic heterocycles. The summed E-state index contributed by atoms with van der Waals surface area (Å²) in [5.41, 5.74) is 2.97. The fraction of sp³-hybridized carbons (Fsp3) is 0.444. The fourth-order valence-corrected chi connectivity index (χ4v) is 3.20. The van der Waals surface area contributed by atoms with E-state index < -0.39 is 0 Å². The Labute approximate surface area is 146 Å². The van der Waals surface area contributed by atoms with E-state index in [2.05, 4.69) is 26.3 Å². The molecule has 0 aromatic carbocycles. The van der Waals surface area contributed by atoms with Gasteiger partial charge in [0.2, 0.25) is 0 Å². The molecule has 2 aromatic rings. The number of methoxy groups -OCH3 is 1. The van der Waals surface area contributed by atoms with Crippen LogP contribution in [0.4, 0.5) is 5.82 Å². The number of nitriles is 1. The molecule has 7 heteroatoms. The van der Waals surface area contributed by atoms with Gasteiger partial charge in [0.05, 0.1) is 17.0 Å². The Morgan fingerprint density at radius 2 is 2.12 bits per heavy atom. The monoisotopic (exact) mass is 339 g/mol. The lowest BCUT2D eigenvalue weighted by Crippen LogP contribution is -2.35. The molecule has 0 spiro atoms. The van der Waals surface area contributed by atoms with Gasteiger partial charge in [-0.1, -0.05) is 0 Å². The second-order valence-corrected chi connectivity index (χ2v) is 6.46. The largest absolute Gasteiger partial charge is 0.377 e. The molecular weight excluding hydrogens is 318 g/mol. The van der Waals surface area contributed by atoms with Crippen LogP contribution < -0.4 is 10.9 Å². The van der Waals surface area contributed by atoms with Crippen LogP contribution in [0.1, 0.15) is 47.1 Å². The maximum absolute atomic E-state index is 11.7. The van der Waals surface area contributed by atoms with Crippen molar-refractivity contribution in [2.24, 2.45) is 0 Å². The van der Waals surface area contributed by atoms with Crippen molar-refractivity contribution in [2.45, 2.75) is 45.3 Å². The number of anilines is 1. The van der Waals surface area contributed by atoms with Gasteiger partial charge in [-0.05, 0) is 38.3 Å². The van der Waals surface area contributed by atoms with E-state index >= 15 is 0 Å². The van der Waals surface area contributed by atoms with Crippen molar-refractivity contribution in [3.63, 3.8) is 0 Å². The van der Waals surface area contributed by atoms with Crippen molar-refractivity contribution in [1.29, 1.82) is 5.26 Å². The number of nitrogens with one attached hydrogen (secondary N) is 2. The molecule has 3 rings (SSSR count). The number of hydrogen-bond donors (Lipinski definition) is 2. The highest BCUT2D eigenvalue weighted by Crippen LogP contribution is 2.37. The summed E-state index contributed by atoms with van der Waals surface area (Å²) in [4.78, 5) is 23.4. The van der Waals surface area contributed by atoms with E-state index in [1.54, 1.807) is 13.2 Å². The Bertz CT molecular complexity index is 855. The first kappa shape index (κ1) is 17.1. The molecule has 130 valence electrons. The Kier molecular flexibility index (Phi) is 4.81. The third-order valence-corrected chi connectivity index (χ3v) is 4.51. The number of aromatic amines is 1. The molecule has 1 aliphatic carbocycles. The second kappa shape index (κ2) is 7.03. The highest BCUT2D eigenvalue weighted by molar-refractivity contribution is 5.49. The number of hydrogen-bond acceptors (Lipinski definition) is 6. The zero-order chi connectivity index (χ0) is 18.0. The number of aromatic nitrogens is 3. The molecule has 0 amide bonds. The van der Waals surface area contributed by atoms with E-state index in [4.69, 9.17) is 10.00 Å². The van der Waals surface area contributed by atoms with Crippen molar-refractivity contribution in [3.05, 3.63) is 50.8 Å². The molecule has 2 aromatic heterocycles. The number of ether oxygens (including phenoxy) is 1. The molecule has 2 N–H and O–H groups in total. The molecule has 0 atom stereocenters. The summed E-state index contributed by atoms with van der Waals surface area (Å²) in [5, 5.41) is 12.5. The van der Waals surface area contributed by atoms with Crippen LogP contribution in [0.2, 0.25) is 0 Å².